The summed E-state index contributed by atoms with van der Waals surface area (Å²) in [4.78, 5) is 21.4. The van der Waals surface area contributed by atoms with Crippen molar-refractivity contribution in [3.05, 3.63) is 58.7 Å². The van der Waals surface area contributed by atoms with Crippen molar-refractivity contribution < 1.29 is 30.0 Å². The zero-order valence-electron chi connectivity index (χ0n) is 26.8. The molecule has 236 valence electrons. The molecule has 0 aliphatic rings. The van der Waals surface area contributed by atoms with Crippen molar-refractivity contribution in [3.8, 4) is 11.5 Å². The number of hydrogen-bond donors (Lipinski definition) is 2. The number of aromatic carboxylic acids is 2. The van der Waals surface area contributed by atoms with E-state index in [9.17, 15) is 24.9 Å². The average molecular weight is 623 g/mol. The van der Waals surface area contributed by atoms with Crippen LogP contribution in [0.4, 0.5) is 0 Å². The number of carboxylic acid groups (broad SMARTS) is 2. The summed E-state index contributed by atoms with van der Waals surface area (Å²) in [6.07, 6.45) is 24.8. The third kappa shape index (κ3) is 20.0. The minimum absolute atomic E-state index is 0. The molecule has 0 aromatic heterocycles. The second kappa shape index (κ2) is 26.6. The van der Waals surface area contributed by atoms with E-state index >= 15 is 0 Å². The molecular formula is C36H54CaO6. The number of carbonyl (C=O) groups excluding carboxylic acids is 1. The van der Waals surface area contributed by atoms with E-state index in [0.29, 0.717) is 0 Å². The van der Waals surface area contributed by atoms with E-state index in [1.54, 1.807) is 18.2 Å². The summed E-state index contributed by atoms with van der Waals surface area (Å²) < 4.78 is 0. The van der Waals surface area contributed by atoms with E-state index in [-0.39, 0.29) is 54.6 Å². The van der Waals surface area contributed by atoms with Crippen LogP contribution in [-0.4, -0.2) is 59.9 Å². The molecule has 0 unspecified atom stereocenters. The zero-order valence-corrected chi connectivity index (χ0v) is 29.0. The summed E-state index contributed by atoms with van der Waals surface area (Å²) in [5.41, 5.74) is 1.67. The fourth-order valence-electron chi connectivity index (χ4n) is 5.08. The maximum absolute atomic E-state index is 11.5. The molecule has 2 aromatic carbocycles. The Morgan fingerprint density at radius 2 is 0.977 bits per heavy atom. The van der Waals surface area contributed by atoms with Gasteiger partial charge in [-0.25, -0.2) is 4.79 Å². The van der Waals surface area contributed by atoms with Gasteiger partial charge in [0.25, 0.3) is 0 Å². The Bertz CT molecular complexity index is 941. The number of unbranched alkanes of at least 4 members (excludes halogenated alkanes) is 16. The van der Waals surface area contributed by atoms with Gasteiger partial charge < -0.3 is 25.2 Å². The molecule has 7 heteroatoms. The topological polar surface area (TPSA) is 121 Å². The Hall–Kier alpha value is -1.76. The molecule has 0 amide bonds. The molecule has 43 heavy (non-hydrogen) atoms. The van der Waals surface area contributed by atoms with Gasteiger partial charge in [0.1, 0.15) is 11.3 Å². The molecule has 0 radical (unpaired) electrons. The normalized spacial score (nSPS) is 10.5. The first-order valence-corrected chi connectivity index (χ1v) is 16.4. The minimum Gasteiger partial charge on any atom is -0.872 e. The summed E-state index contributed by atoms with van der Waals surface area (Å²) in [6, 6.07) is 9.37. The molecule has 0 saturated heterocycles. The van der Waals surface area contributed by atoms with Crippen molar-refractivity contribution in [2.45, 2.75) is 142 Å². The van der Waals surface area contributed by atoms with Gasteiger partial charge in [0, 0.05) is 0 Å². The Morgan fingerprint density at radius 3 is 1.33 bits per heavy atom. The smallest absolute Gasteiger partial charge is 0.872 e. The Labute approximate surface area is 290 Å². The first-order valence-electron chi connectivity index (χ1n) is 16.4. The van der Waals surface area contributed by atoms with E-state index in [1.807, 2.05) is 0 Å². The van der Waals surface area contributed by atoms with Crippen LogP contribution in [0.1, 0.15) is 161 Å². The first kappa shape index (κ1) is 41.2. The van der Waals surface area contributed by atoms with Crippen molar-refractivity contribution in [1.82, 2.24) is 0 Å². The number of carboxylic acids is 2. The predicted molar refractivity (Wildman–Crippen MR) is 173 cm³/mol. The molecule has 0 bridgehead atoms. The van der Waals surface area contributed by atoms with Crippen LogP contribution >= 0.6 is 0 Å². The third-order valence-electron chi connectivity index (χ3n) is 7.70. The molecule has 0 saturated carbocycles. The van der Waals surface area contributed by atoms with Crippen LogP contribution in [0.15, 0.2) is 36.4 Å². The number of aryl methyl sites for hydroxylation is 2. The van der Waals surface area contributed by atoms with Crippen LogP contribution < -0.4 is 10.2 Å². The van der Waals surface area contributed by atoms with E-state index in [0.717, 1.165) is 36.8 Å². The van der Waals surface area contributed by atoms with Gasteiger partial charge >= 0.3 is 43.7 Å². The molecule has 0 atom stereocenters. The Balaban J connectivity index is 0.000000802. The Kier molecular flexibility index (Phi) is 25.5. The van der Waals surface area contributed by atoms with Crippen LogP contribution in [0.3, 0.4) is 0 Å². The SMILES string of the molecule is CCCCCCCCCCCc1ccc(C(=O)O)c(O)c1.CCCCCCCCCCCc1ccc(C(=O)[O-])c([O-])c1.[Ca+2]. The summed E-state index contributed by atoms with van der Waals surface area (Å²) >= 11 is 0. The molecule has 0 aliphatic carbocycles. The van der Waals surface area contributed by atoms with Crippen molar-refractivity contribution >= 4 is 49.7 Å². The molecule has 6 nitrogen and oxygen atoms in total. The van der Waals surface area contributed by atoms with Crippen LogP contribution in [0.5, 0.6) is 11.5 Å². The average Bonchev–Trinajstić information content (AvgIpc) is 2.95. The maximum Gasteiger partial charge on any atom is 2.00 e. The minimum atomic E-state index is -1.39. The summed E-state index contributed by atoms with van der Waals surface area (Å²) in [6.45, 7) is 4.47. The van der Waals surface area contributed by atoms with Crippen molar-refractivity contribution in [1.29, 1.82) is 0 Å². The third-order valence-corrected chi connectivity index (χ3v) is 7.70. The van der Waals surface area contributed by atoms with Gasteiger partial charge in [-0.05, 0) is 54.5 Å². The van der Waals surface area contributed by atoms with E-state index < -0.39 is 17.7 Å². The van der Waals surface area contributed by atoms with Gasteiger partial charge in [0.15, 0.2) is 0 Å². The van der Waals surface area contributed by atoms with E-state index in [2.05, 4.69) is 13.8 Å². The fraction of sp³-hybridized carbons (Fsp3) is 0.611. The zero-order chi connectivity index (χ0) is 31.0. The molecule has 2 aromatic rings. The standard InChI is InChI=1S/2C18H28O3.Ca/c2*1-2-3-4-5-6-7-8-9-10-11-15-12-13-16(18(20)21)17(19)14-15;/h2*12-14,19H,2-11H2,1H3,(H,20,21);/q;;+2/p-2. The second-order valence-corrected chi connectivity index (χ2v) is 11.4. The number of hydrogen-bond acceptors (Lipinski definition) is 5. The first-order chi connectivity index (χ1) is 20.3. The van der Waals surface area contributed by atoms with Gasteiger partial charge in [0.05, 0.1) is 5.97 Å². The molecule has 2 N–H and O–H groups in total. The summed E-state index contributed by atoms with van der Waals surface area (Å²) in [5, 5.41) is 40.6. The van der Waals surface area contributed by atoms with Gasteiger partial charge in [-0.2, -0.15) is 0 Å². The van der Waals surface area contributed by atoms with Crippen LogP contribution in [0, 0.1) is 0 Å². The van der Waals surface area contributed by atoms with Gasteiger partial charge in [-0.3, -0.25) is 0 Å². The van der Waals surface area contributed by atoms with Crippen molar-refractivity contribution in [3.63, 3.8) is 0 Å². The fourth-order valence-corrected chi connectivity index (χ4v) is 5.08. The second-order valence-electron chi connectivity index (χ2n) is 11.4. The predicted octanol–water partition coefficient (Wildman–Crippen LogP) is 7.98. The van der Waals surface area contributed by atoms with Crippen LogP contribution in [0.2, 0.25) is 0 Å². The van der Waals surface area contributed by atoms with Crippen LogP contribution in [0.25, 0.3) is 0 Å². The Morgan fingerprint density at radius 1 is 0.605 bits per heavy atom. The van der Waals surface area contributed by atoms with Gasteiger partial charge in [-0.1, -0.05) is 147 Å². The van der Waals surface area contributed by atoms with Gasteiger partial charge in [0.2, 0.25) is 0 Å². The van der Waals surface area contributed by atoms with Gasteiger partial charge in [-0.15, -0.1) is 0 Å². The summed E-state index contributed by atoms with van der Waals surface area (Å²) in [7, 11) is 0. The molecule has 2 rings (SSSR count). The molecular weight excluding hydrogens is 568 g/mol. The summed E-state index contributed by atoms with van der Waals surface area (Å²) in [5.74, 6) is -3.05. The molecule has 0 aliphatic heterocycles. The van der Waals surface area contributed by atoms with Crippen LogP contribution in [-0.2, 0) is 12.8 Å². The number of rotatable bonds is 22. The molecule has 0 heterocycles. The number of carbonyl (C=O) groups is 2. The van der Waals surface area contributed by atoms with E-state index in [4.69, 9.17) is 5.11 Å². The van der Waals surface area contributed by atoms with Crippen molar-refractivity contribution in [2.75, 3.05) is 0 Å². The molecule has 0 spiro atoms. The number of phenols is 1. The van der Waals surface area contributed by atoms with E-state index in [1.165, 1.54) is 121 Å². The van der Waals surface area contributed by atoms with Crippen molar-refractivity contribution in [2.24, 2.45) is 0 Å². The monoisotopic (exact) mass is 622 g/mol. The maximum atomic E-state index is 11.5. The number of aromatic hydroxyl groups is 1. The number of benzene rings is 2. The largest absolute Gasteiger partial charge is 2.00 e. The molecule has 0 fully saturated rings. The quantitative estimate of drug-likeness (QED) is 0.101.